The number of ether oxygens (including phenoxy) is 4. The van der Waals surface area contributed by atoms with Crippen LogP contribution in [0.25, 0.3) is 0 Å². The summed E-state index contributed by atoms with van der Waals surface area (Å²) in [5.74, 6) is 2.35. The fourth-order valence-electron chi connectivity index (χ4n) is 3.00. The van der Waals surface area contributed by atoms with E-state index >= 15 is 0 Å². The number of methoxy groups -OCH3 is 3. The van der Waals surface area contributed by atoms with Crippen LogP contribution in [0.4, 0.5) is 0 Å². The van der Waals surface area contributed by atoms with E-state index in [1.165, 1.54) is 24.3 Å². The van der Waals surface area contributed by atoms with Gasteiger partial charge in [-0.1, -0.05) is 24.3 Å². The lowest BCUT2D eigenvalue weighted by molar-refractivity contribution is -0.104. The summed E-state index contributed by atoms with van der Waals surface area (Å²) in [7, 11) is 4.89. The molecule has 3 aromatic rings. The van der Waals surface area contributed by atoms with Crippen LogP contribution >= 0.6 is 0 Å². The Morgan fingerprint density at radius 2 is 1.35 bits per heavy atom. The Morgan fingerprint density at radius 3 is 1.82 bits per heavy atom. The van der Waals surface area contributed by atoms with Crippen LogP contribution in [0.5, 0.6) is 17.2 Å². The molecule has 40 heavy (non-hydrogen) atoms. The summed E-state index contributed by atoms with van der Waals surface area (Å²) in [6.45, 7) is 8.57. The first-order chi connectivity index (χ1) is 19.3. The van der Waals surface area contributed by atoms with E-state index in [4.69, 9.17) is 29.2 Å². The van der Waals surface area contributed by atoms with Crippen molar-refractivity contribution in [1.29, 1.82) is 5.41 Å². The summed E-state index contributed by atoms with van der Waals surface area (Å²) in [5, 5.41) is 7.04. The molecule has 0 aliphatic heterocycles. The normalized spacial score (nSPS) is 9.03. The lowest BCUT2D eigenvalue weighted by Gasteiger charge is -2.05. The Kier molecular flexibility index (Phi) is 19.9. The first kappa shape index (κ1) is 35.4. The fourth-order valence-corrected chi connectivity index (χ4v) is 3.00. The van der Waals surface area contributed by atoms with E-state index in [0.29, 0.717) is 41.9 Å². The van der Waals surface area contributed by atoms with Gasteiger partial charge in [-0.05, 0) is 74.0 Å². The van der Waals surface area contributed by atoms with Crippen molar-refractivity contribution in [3.63, 3.8) is 0 Å². The van der Waals surface area contributed by atoms with Crippen molar-refractivity contribution < 1.29 is 33.3 Å². The fraction of sp³-hybridized carbons (Fsp3) is 0.250. The number of benzene rings is 3. The second kappa shape index (κ2) is 22.4. The lowest BCUT2D eigenvalue weighted by atomic mass is 10.1. The Bertz CT molecular complexity index is 1170. The molecule has 214 valence electrons. The summed E-state index contributed by atoms with van der Waals surface area (Å²) >= 11 is 0. The third-order valence-electron chi connectivity index (χ3n) is 4.97. The number of rotatable bonds is 11. The smallest absolute Gasteiger partial charge is 0.150 e. The van der Waals surface area contributed by atoms with Gasteiger partial charge in [0.1, 0.15) is 36.1 Å². The molecule has 0 aliphatic rings. The maximum atomic E-state index is 10.4. The zero-order valence-electron chi connectivity index (χ0n) is 23.8. The van der Waals surface area contributed by atoms with Crippen molar-refractivity contribution in [3.05, 3.63) is 101 Å². The summed E-state index contributed by atoms with van der Waals surface area (Å²) in [4.78, 5) is 29.8. The number of allylic oxidation sites excluding steroid dienone is 1. The maximum absolute atomic E-state index is 10.4. The van der Waals surface area contributed by atoms with Gasteiger partial charge in [-0.25, -0.2) is 0 Å². The number of carbonyl (C=O) groups excluding carboxylic acids is 3. The van der Waals surface area contributed by atoms with Crippen molar-refractivity contribution >= 4 is 25.1 Å². The molecule has 0 unspecified atom stereocenters. The molecule has 1 N–H and O–H groups in total. The third-order valence-corrected chi connectivity index (χ3v) is 4.97. The number of aldehydes is 3. The highest BCUT2D eigenvalue weighted by Crippen LogP contribution is 2.18. The molecule has 8 heteroatoms. The predicted octanol–water partition coefficient (Wildman–Crippen LogP) is 6.10. The lowest BCUT2D eigenvalue weighted by Crippen LogP contribution is -2.01. The minimum atomic E-state index is 0.550. The van der Waals surface area contributed by atoms with Crippen LogP contribution in [0.1, 0.15) is 43.8 Å². The number of aryl methyl sites for hydroxylation is 2. The van der Waals surface area contributed by atoms with E-state index < -0.39 is 0 Å². The molecule has 3 rings (SSSR count). The third kappa shape index (κ3) is 15.0. The van der Waals surface area contributed by atoms with Crippen molar-refractivity contribution in [3.8, 4) is 17.2 Å². The predicted molar refractivity (Wildman–Crippen MR) is 159 cm³/mol. The van der Waals surface area contributed by atoms with Crippen molar-refractivity contribution in [1.82, 2.24) is 0 Å². The highest BCUT2D eigenvalue weighted by Gasteiger charge is 2.00. The molecule has 0 amide bonds. The zero-order valence-corrected chi connectivity index (χ0v) is 23.8. The second-order valence-corrected chi connectivity index (χ2v) is 7.99. The SMILES string of the molecule is C=CC=O.COCCCOc1ccc(C=O)cc1.COc1ccc(C)cc1C.COc1ccc(C=O)cc1C=N. The monoisotopic (exact) mass is 549 g/mol. The average molecular weight is 550 g/mol. The molecule has 0 saturated carbocycles. The molecule has 0 atom stereocenters. The van der Waals surface area contributed by atoms with Gasteiger partial charge < -0.3 is 24.4 Å². The number of hydrogen-bond donors (Lipinski definition) is 1. The van der Waals surface area contributed by atoms with Crippen LogP contribution in [0.3, 0.4) is 0 Å². The molecule has 3 aromatic carbocycles. The quantitative estimate of drug-likeness (QED) is 0.133. The van der Waals surface area contributed by atoms with Gasteiger partial charge in [0.2, 0.25) is 0 Å². The Labute approximate surface area is 237 Å². The standard InChI is InChI=1S/C11H14O3.C9H9NO2.C9H12O.C3H4O/c1-13-7-2-8-14-11-5-3-10(9-12)4-6-11;1-12-9-3-2-7(6-11)4-8(9)5-10;1-7-4-5-9(10-3)8(2)6-7;1-2-3-4/h3-6,9H,2,7-8H2,1H3;2-6,10H,1H3;4-6H,1-3H3;2-3H,1H2. The van der Waals surface area contributed by atoms with E-state index in [1.807, 2.05) is 19.1 Å². The molecule has 0 saturated heterocycles. The van der Waals surface area contributed by atoms with Gasteiger partial charge in [0.25, 0.3) is 0 Å². The van der Waals surface area contributed by atoms with Crippen molar-refractivity contribution in [2.75, 3.05) is 34.5 Å². The summed E-state index contributed by atoms with van der Waals surface area (Å²) in [6.07, 6.45) is 5.42. The Hall–Kier alpha value is -4.56. The van der Waals surface area contributed by atoms with Crippen LogP contribution in [-0.4, -0.2) is 59.6 Å². The van der Waals surface area contributed by atoms with Crippen LogP contribution < -0.4 is 14.2 Å². The van der Waals surface area contributed by atoms with E-state index in [2.05, 4.69) is 19.6 Å². The largest absolute Gasteiger partial charge is 0.496 e. The van der Waals surface area contributed by atoms with Crippen LogP contribution in [0.15, 0.2) is 73.3 Å². The molecule has 0 aliphatic carbocycles. The molecule has 8 nitrogen and oxygen atoms in total. The van der Waals surface area contributed by atoms with E-state index in [1.54, 1.807) is 56.7 Å². The van der Waals surface area contributed by atoms with Crippen molar-refractivity contribution in [2.24, 2.45) is 0 Å². The number of carbonyl (C=O) groups is 3. The molecule has 0 aromatic heterocycles. The summed E-state index contributed by atoms with van der Waals surface area (Å²) in [5.41, 5.74) is 4.30. The van der Waals surface area contributed by atoms with Gasteiger partial charge in [-0.3, -0.25) is 14.4 Å². The van der Waals surface area contributed by atoms with Crippen molar-refractivity contribution in [2.45, 2.75) is 20.3 Å². The van der Waals surface area contributed by atoms with Crippen LogP contribution in [-0.2, 0) is 9.53 Å². The molecule has 0 spiro atoms. The summed E-state index contributed by atoms with van der Waals surface area (Å²) in [6, 6.07) is 18.1. The Balaban J connectivity index is 0.000000540. The average Bonchev–Trinajstić information content (AvgIpc) is 3.00. The first-order valence-electron chi connectivity index (χ1n) is 12.3. The van der Waals surface area contributed by atoms with Gasteiger partial charge in [0.15, 0.2) is 0 Å². The van der Waals surface area contributed by atoms with Crippen LogP contribution in [0.2, 0.25) is 0 Å². The molecular formula is C32H39NO7. The molecular weight excluding hydrogens is 510 g/mol. The number of hydrogen-bond acceptors (Lipinski definition) is 8. The molecule has 0 bridgehead atoms. The van der Waals surface area contributed by atoms with Gasteiger partial charge in [-0.15, -0.1) is 0 Å². The topological polar surface area (TPSA) is 112 Å². The minimum absolute atomic E-state index is 0.550. The van der Waals surface area contributed by atoms with Gasteiger partial charge in [0.05, 0.1) is 20.8 Å². The van der Waals surface area contributed by atoms with E-state index in [-0.39, 0.29) is 0 Å². The van der Waals surface area contributed by atoms with Crippen LogP contribution in [0, 0.1) is 19.3 Å². The highest BCUT2D eigenvalue weighted by atomic mass is 16.5. The molecule has 0 fully saturated rings. The first-order valence-corrected chi connectivity index (χ1v) is 12.3. The highest BCUT2D eigenvalue weighted by molar-refractivity contribution is 5.86. The second-order valence-electron chi connectivity index (χ2n) is 7.99. The molecule has 0 heterocycles. The minimum Gasteiger partial charge on any atom is -0.496 e. The molecule has 0 radical (unpaired) electrons. The Morgan fingerprint density at radius 1 is 0.775 bits per heavy atom. The summed E-state index contributed by atoms with van der Waals surface area (Å²) < 4.78 is 20.4. The van der Waals surface area contributed by atoms with E-state index in [9.17, 15) is 9.59 Å². The zero-order chi connectivity index (χ0) is 30.2. The van der Waals surface area contributed by atoms with Gasteiger partial charge in [0, 0.05) is 43.0 Å². The van der Waals surface area contributed by atoms with Gasteiger partial charge >= 0.3 is 0 Å². The maximum Gasteiger partial charge on any atom is 0.150 e. The van der Waals surface area contributed by atoms with E-state index in [0.717, 1.165) is 36.7 Å². The van der Waals surface area contributed by atoms with Gasteiger partial charge in [-0.2, -0.15) is 0 Å². The number of nitrogens with one attached hydrogen (secondary N) is 1.